The van der Waals surface area contributed by atoms with Crippen molar-refractivity contribution in [3.05, 3.63) is 34.6 Å². The van der Waals surface area contributed by atoms with Crippen LogP contribution in [0.3, 0.4) is 0 Å². The first-order chi connectivity index (χ1) is 8.02. The molecule has 1 aromatic carbocycles. The molecule has 5 heteroatoms. The highest BCUT2D eigenvalue weighted by Gasteiger charge is 2.24. The van der Waals surface area contributed by atoms with Crippen LogP contribution in [0.5, 0.6) is 0 Å². The molecule has 0 aliphatic rings. The summed E-state index contributed by atoms with van der Waals surface area (Å²) in [7, 11) is 0. The van der Waals surface area contributed by atoms with E-state index in [-0.39, 0.29) is 17.5 Å². The van der Waals surface area contributed by atoms with Gasteiger partial charge in [-0.2, -0.15) is 12.6 Å². The molecule has 1 rings (SSSR count). The zero-order chi connectivity index (χ0) is 13.0. The molecule has 2 unspecified atom stereocenters. The van der Waals surface area contributed by atoms with Crippen molar-refractivity contribution < 1.29 is 19.4 Å². The molecule has 0 aliphatic heterocycles. The zero-order valence-electron chi connectivity index (χ0n) is 9.43. The largest absolute Gasteiger partial charge is 0.390 e. The third-order valence-corrected chi connectivity index (χ3v) is 2.91. The van der Waals surface area contributed by atoms with E-state index in [0.717, 1.165) is 0 Å². The molecule has 1 aromatic rings. The Balaban J connectivity index is 3.19. The summed E-state index contributed by atoms with van der Waals surface area (Å²) in [6.07, 6.45) is -1.72. The van der Waals surface area contributed by atoms with Crippen molar-refractivity contribution in [1.82, 2.24) is 0 Å². The number of aryl methyl sites for hydroxylation is 1. The third-order valence-electron chi connectivity index (χ3n) is 2.65. The van der Waals surface area contributed by atoms with E-state index in [0.29, 0.717) is 17.6 Å². The number of rotatable bonds is 5. The predicted octanol–water partition coefficient (Wildman–Crippen LogP) is 1.66. The molecule has 0 spiro atoms. The molecule has 2 atom stereocenters. The number of carbonyl (C=O) groups excluding carboxylic acids is 1. The molecule has 0 heterocycles. The van der Waals surface area contributed by atoms with Gasteiger partial charge in [0.1, 0.15) is 11.9 Å². The van der Waals surface area contributed by atoms with Gasteiger partial charge in [0.15, 0.2) is 6.29 Å². The number of aldehydes is 1. The van der Waals surface area contributed by atoms with Gasteiger partial charge < -0.3 is 10.2 Å². The van der Waals surface area contributed by atoms with E-state index < -0.39 is 18.0 Å². The predicted molar refractivity (Wildman–Crippen MR) is 66.0 cm³/mol. The summed E-state index contributed by atoms with van der Waals surface area (Å²) in [4.78, 5) is 10.8. The Bertz CT molecular complexity index is 409. The van der Waals surface area contributed by atoms with Crippen LogP contribution in [0, 0.1) is 12.7 Å². The van der Waals surface area contributed by atoms with Crippen molar-refractivity contribution in [3.8, 4) is 0 Å². The lowest BCUT2D eigenvalue weighted by Crippen LogP contribution is -2.21. The molecule has 0 saturated carbocycles. The van der Waals surface area contributed by atoms with Crippen LogP contribution in [0.1, 0.15) is 34.0 Å². The fraction of sp³-hybridized carbons (Fsp3) is 0.417. The summed E-state index contributed by atoms with van der Waals surface area (Å²) in [5.74, 6) is -0.305. The molecule has 0 amide bonds. The van der Waals surface area contributed by atoms with Gasteiger partial charge in [-0.3, -0.25) is 4.79 Å². The maximum atomic E-state index is 13.4. The van der Waals surface area contributed by atoms with Crippen LogP contribution in [0.2, 0.25) is 0 Å². The van der Waals surface area contributed by atoms with Crippen LogP contribution in [0.4, 0.5) is 4.39 Å². The fourth-order valence-electron chi connectivity index (χ4n) is 1.71. The molecule has 94 valence electrons. The molecule has 0 radical (unpaired) electrons. The summed E-state index contributed by atoms with van der Waals surface area (Å²) in [5.41, 5.74) is 0.518. The topological polar surface area (TPSA) is 57.5 Å². The van der Waals surface area contributed by atoms with Crippen LogP contribution >= 0.6 is 12.6 Å². The minimum Gasteiger partial charge on any atom is -0.390 e. The Morgan fingerprint density at radius 1 is 1.47 bits per heavy atom. The van der Waals surface area contributed by atoms with Gasteiger partial charge in [-0.05, 0) is 36.3 Å². The molecule has 3 nitrogen and oxygen atoms in total. The Morgan fingerprint density at radius 3 is 2.65 bits per heavy atom. The first-order valence-corrected chi connectivity index (χ1v) is 5.87. The molecule has 0 fully saturated rings. The highest BCUT2D eigenvalue weighted by molar-refractivity contribution is 7.80. The lowest BCUT2D eigenvalue weighted by Gasteiger charge is -2.21. The van der Waals surface area contributed by atoms with E-state index in [1.807, 2.05) is 0 Å². The maximum absolute atomic E-state index is 13.4. The highest BCUT2D eigenvalue weighted by atomic mass is 32.1. The molecule has 0 saturated heterocycles. The quantitative estimate of drug-likeness (QED) is 0.556. The monoisotopic (exact) mass is 258 g/mol. The highest BCUT2D eigenvalue weighted by Crippen LogP contribution is 2.27. The van der Waals surface area contributed by atoms with Crippen LogP contribution in [-0.2, 0) is 0 Å². The Hall–Kier alpha value is -0.910. The minimum absolute atomic E-state index is 0.147. The van der Waals surface area contributed by atoms with E-state index in [1.54, 1.807) is 6.92 Å². The standard InChI is InChI=1S/C12H15FO3S/c1-7-2-3-9(13)8(6-14)11(7)12(16)10(15)4-5-17/h2-3,6,10,12,15-17H,4-5H2,1H3. The average molecular weight is 258 g/mol. The number of halogens is 1. The van der Waals surface area contributed by atoms with Crippen LogP contribution in [-0.4, -0.2) is 28.4 Å². The third kappa shape index (κ3) is 3.06. The lowest BCUT2D eigenvalue weighted by molar-refractivity contribution is 0.0163. The minimum atomic E-state index is -1.28. The Labute approximate surface area is 105 Å². The van der Waals surface area contributed by atoms with Crippen molar-refractivity contribution in [2.24, 2.45) is 0 Å². The Kier molecular flexibility index (Phi) is 5.11. The van der Waals surface area contributed by atoms with E-state index in [9.17, 15) is 19.4 Å². The number of thiol groups is 1. The number of aliphatic hydroxyl groups excluding tert-OH is 2. The van der Waals surface area contributed by atoms with E-state index in [4.69, 9.17) is 0 Å². The molecule has 0 aliphatic carbocycles. The number of aliphatic hydroxyl groups is 2. The summed E-state index contributed by atoms with van der Waals surface area (Å²) < 4.78 is 13.4. The Morgan fingerprint density at radius 2 is 2.12 bits per heavy atom. The van der Waals surface area contributed by atoms with Crippen molar-refractivity contribution in [2.75, 3.05) is 5.75 Å². The van der Waals surface area contributed by atoms with Gasteiger partial charge in [0.05, 0.1) is 11.7 Å². The second-order valence-corrected chi connectivity index (χ2v) is 4.28. The van der Waals surface area contributed by atoms with Crippen LogP contribution in [0.15, 0.2) is 12.1 Å². The van der Waals surface area contributed by atoms with Gasteiger partial charge in [0.2, 0.25) is 0 Å². The zero-order valence-corrected chi connectivity index (χ0v) is 10.3. The van der Waals surface area contributed by atoms with Crippen molar-refractivity contribution in [1.29, 1.82) is 0 Å². The van der Waals surface area contributed by atoms with Gasteiger partial charge >= 0.3 is 0 Å². The van der Waals surface area contributed by atoms with Crippen molar-refractivity contribution in [2.45, 2.75) is 25.6 Å². The summed E-state index contributed by atoms with van der Waals surface area (Å²) in [5, 5.41) is 19.6. The fourth-order valence-corrected chi connectivity index (χ4v) is 1.98. The number of carbonyl (C=O) groups is 1. The van der Waals surface area contributed by atoms with Crippen LogP contribution < -0.4 is 0 Å². The van der Waals surface area contributed by atoms with Crippen molar-refractivity contribution >= 4 is 18.9 Å². The SMILES string of the molecule is Cc1ccc(F)c(C=O)c1C(O)C(O)CCS. The first-order valence-electron chi connectivity index (χ1n) is 5.24. The van der Waals surface area contributed by atoms with Gasteiger partial charge in [-0.25, -0.2) is 4.39 Å². The first kappa shape index (κ1) is 14.2. The average Bonchev–Trinajstić information content (AvgIpc) is 2.31. The smallest absolute Gasteiger partial charge is 0.153 e. The van der Waals surface area contributed by atoms with Gasteiger partial charge in [-0.15, -0.1) is 0 Å². The second kappa shape index (κ2) is 6.14. The number of hydrogen-bond acceptors (Lipinski definition) is 4. The van der Waals surface area contributed by atoms with Gasteiger partial charge in [0, 0.05) is 0 Å². The molecular formula is C12H15FO3S. The molecule has 0 bridgehead atoms. The van der Waals surface area contributed by atoms with Crippen LogP contribution in [0.25, 0.3) is 0 Å². The van der Waals surface area contributed by atoms with E-state index in [1.165, 1.54) is 12.1 Å². The number of hydrogen-bond donors (Lipinski definition) is 3. The van der Waals surface area contributed by atoms with Gasteiger partial charge in [-0.1, -0.05) is 6.07 Å². The second-order valence-electron chi connectivity index (χ2n) is 3.83. The molecular weight excluding hydrogens is 243 g/mol. The number of benzene rings is 1. The maximum Gasteiger partial charge on any atom is 0.153 e. The lowest BCUT2D eigenvalue weighted by atomic mass is 9.93. The van der Waals surface area contributed by atoms with E-state index in [2.05, 4.69) is 12.6 Å². The summed E-state index contributed by atoms with van der Waals surface area (Å²) in [6.45, 7) is 1.65. The summed E-state index contributed by atoms with van der Waals surface area (Å²) in [6, 6.07) is 2.63. The normalized spacial score (nSPS) is 14.4. The van der Waals surface area contributed by atoms with E-state index >= 15 is 0 Å². The molecule has 2 N–H and O–H groups in total. The van der Waals surface area contributed by atoms with Crippen molar-refractivity contribution in [3.63, 3.8) is 0 Å². The molecule has 0 aromatic heterocycles. The van der Waals surface area contributed by atoms with Gasteiger partial charge in [0.25, 0.3) is 0 Å². The summed E-state index contributed by atoms with van der Waals surface area (Å²) >= 11 is 3.95. The molecule has 17 heavy (non-hydrogen) atoms.